The number of likely N-dealkylation sites (tertiary alicyclic amines) is 1. The van der Waals surface area contributed by atoms with E-state index in [0.717, 1.165) is 32.5 Å². The van der Waals surface area contributed by atoms with Crippen LogP contribution >= 0.6 is 0 Å². The number of nitrogens with two attached hydrogens (primary N) is 1. The zero-order valence-electron chi connectivity index (χ0n) is 10.4. The SMILES string of the molecule is COCCS(=O)(=O)NC1CCN(CCN)CC1. The number of piperidine rings is 1. The standard InChI is InChI=1S/C10H23N3O3S/c1-16-8-9-17(14,15)12-10-2-5-13(6-3-10)7-4-11/h10,12H,2-9,11H2,1H3. The number of methoxy groups -OCH3 is 1. The lowest BCUT2D eigenvalue weighted by Crippen LogP contribution is -2.46. The number of nitrogens with one attached hydrogen (secondary N) is 1. The van der Waals surface area contributed by atoms with Crippen molar-refractivity contribution in [3.63, 3.8) is 0 Å². The van der Waals surface area contributed by atoms with E-state index in [1.54, 1.807) is 0 Å². The Kier molecular flexibility index (Phi) is 6.35. The van der Waals surface area contributed by atoms with Crippen LogP contribution in [0.5, 0.6) is 0 Å². The van der Waals surface area contributed by atoms with E-state index in [9.17, 15) is 8.42 Å². The molecule has 0 atom stereocenters. The van der Waals surface area contributed by atoms with Crippen LogP contribution in [0.1, 0.15) is 12.8 Å². The largest absolute Gasteiger partial charge is 0.384 e. The Morgan fingerprint density at radius 1 is 1.41 bits per heavy atom. The predicted molar refractivity (Wildman–Crippen MR) is 67.3 cm³/mol. The van der Waals surface area contributed by atoms with Crippen LogP contribution in [-0.4, -0.2) is 65.0 Å². The van der Waals surface area contributed by atoms with E-state index in [4.69, 9.17) is 10.5 Å². The summed E-state index contributed by atoms with van der Waals surface area (Å²) in [4.78, 5) is 2.26. The van der Waals surface area contributed by atoms with Crippen LogP contribution in [0.4, 0.5) is 0 Å². The number of ether oxygens (including phenoxy) is 1. The molecule has 0 amide bonds. The Labute approximate surface area is 104 Å². The van der Waals surface area contributed by atoms with Gasteiger partial charge < -0.3 is 15.4 Å². The molecule has 3 N–H and O–H groups in total. The average Bonchev–Trinajstić information content (AvgIpc) is 2.29. The molecule has 0 aromatic rings. The van der Waals surface area contributed by atoms with E-state index >= 15 is 0 Å². The van der Waals surface area contributed by atoms with Crippen molar-refractivity contribution in [1.29, 1.82) is 0 Å². The van der Waals surface area contributed by atoms with Gasteiger partial charge in [-0.1, -0.05) is 0 Å². The van der Waals surface area contributed by atoms with Crippen molar-refractivity contribution in [2.45, 2.75) is 18.9 Å². The van der Waals surface area contributed by atoms with Gasteiger partial charge in [0.2, 0.25) is 10.0 Å². The molecule has 0 radical (unpaired) electrons. The summed E-state index contributed by atoms with van der Waals surface area (Å²) in [5.74, 6) is 0.0342. The quantitative estimate of drug-likeness (QED) is 0.615. The summed E-state index contributed by atoms with van der Waals surface area (Å²) >= 11 is 0. The van der Waals surface area contributed by atoms with Gasteiger partial charge in [0, 0.05) is 26.2 Å². The first-order chi connectivity index (χ1) is 8.07. The van der Waals surface area contributed by atoms with Crippen LogP contribution in [-0.2, 0) is 14.8 Å². The molecule has 0 aromatic heterocycles. The second-order valence-corrected chi connectivity index (χ2v) is 6.21. The zero-order valence-corrected chi connectivity index (χ0v) is 11.2. The number of nitrogens with zero attached hydrogens (tertiary/aromatic N) is 1. The molecule has 1 saturated heterocycles. The van der Waals surface area contributed by atoms with E-state index < -0.39 is 10.0 Å². The Hall–Kier alpha value is -0.210. The molecule has 1 fully saturated rings. The molecular formula is C10H23N3O3S. The van der Waals surface area contributed by atoms with Crippen LogP contribution in [0.2, 0.25) is 0 Å². The van der Waals surface area contributed by atoms with Crippen molar-refractivity contribution in [2.24, 2.45) is 5.73 Å². The molecule has 1 heterocycles. The molecule has 102 valence electrons. The lowest BCUT2D eigenvalue weighted by Gasteiger charge is -2.31. The van der Waals surface area contributed by atoms with E-state index in [1.807, 2.05) is 0 Å². The molecule has 0 spiro atoms. The first-order valence-electron chi connectivity index (χ1n) is 5.99. The van der Waals surface area contributed by atoms with Crippen molar-refractivity contribution >= 4 is 10.0 Å². The molecule has 6 nitrogen and oxygen atoms in total. The molecule has 0 unspecified atom stereocenters. The summed E-state index contributed by atoms with van der Waals surface area (Å²) in [5.41, 5.74) is 5.48. The van der Waals surface area contributed by atoms with Crippen molar-refractivity contribution in [2.75, 3.05) is 45.6 Å². The van der Waals surface area contributed by atoms with Crippen molar-refractivity contribution in [3.05, 3.63) is 0 Å². The van der Waals surface area contributed by atoms with Gasteiger partial charge in [-0.3, -0.25) is 0 Å². The van der Waals surface area contributed by atoms with E-state index in [1.165, 1.54) is 7.11 Å². The maximum Gasteiger partial charge on any atom is 0.214 e. The Bertz CT molecular complexity index is 300. The fourth-order valence-corrected chi connectivity index (χ4v) is 3.21. The zero-order chi connectivity index (χ0) is 12.7. The number of hydrogen-bond donors (Lipinski definition) is 2. The summed E-state index contributed by atoms with van der Waals surface area (Å²) in [5, 5.41) is 0. The van der Waals surface area contributed by atoms with Gasteiger partial charge in [0.05, 0.1) is 12.4 Å². The maximum atomic E-state index is 11.6. The Morgan fingerprint density at radius 3 is 2.59 bits per heavy atom. The summed E-state index contributed by atoms with van der Waals surface area (Å²) < 4.78 is 30.8. The van der Waals surface area contributed by atoms with Crippen LogP contribution in [0.25, 0.3) is 0 Å². The highest BCUT2D eigenvalue weighted by atomic mass is 32.2. The smallest absolute Gasteiger partial charge is 0.214 e. The second-order valence-electron chi connectivity index (χ2n) is 4.33. The molecule has 1 aliphatic rings. The van der Waals surface area contributed by atoms with Gasteiger partial charge >= 0.3 is 0 Å². The minimum atomic E-state index is -3.19. The molecule has 0 saturated carbocycles. The third-order valence-electron chi connectivity index (χ3n) is 2.94. The van der Waals surface area contributed by atoms with Gasteiger partial charge in [0.15, 0.2) is 0 Å². The lowest BCUT2D eigenvalue weighted by atomic mass is 10.1. The third-order valence-corrected chi connectivity index (χ3v) is 4.33. The molecule has 0 bridgehead atoms. The summed E-state index contributed by atoms with van der Waals surface area (Å²) in [6.45, 7) is 3.61. The van der Waals surface area contributed by atoms with Crippen LogP contribution in [0.15, 0.2) is 0 Å². The number of rotatable bonds is 7. The fourth-order valence-electron chi connectivity index (χ4n) is 1.96. The van der Waals surface area contributed by atoms with Gasteiger partial charge in [0.1, 0.15) is 0 Å². The van der Waals surface area contributed by atoms with E-state index in [-0.39, 0.29) is 18.4 Å². The lowest BCUT2D eigenvalue weighted by molar-refractivity contribution is 0.209. The van der Waals surface area contributed by atoms with Crippen LogP contribution < -0.4 is 10.5 Å². The predicted octanol–water partition coefficient (Wildman–Crippen LogP) is -1.02. The molecule has 17 heavy (non-hydrogen) atoms. The number of hydrogen-bond acceptors (Lipinski definition) is 5. The second kappa shape index (κ2) is 7.27. The maximum absolute atomic E-state index is 11.6. The molecule has 1 aliphatic heterocycles. The first-order valence-corrected chi connectivity index (χ1v) is 7.64. The normalized spacial score (nSPS) is 19.6. The monoisotopic (exact) mass is 265 g/mol. The fraction of sp³-hybridized carbons (Fsp3) is 1.00. The van der Waals surface area contributed by atoms with Crippen LogP contribution in [0, 0.1) is 0 Å². The van der Waals surface area contributed by atoms with Gasteiger partial charge in [-0.25, -0.2) is 13.1 Å². The Morgan fingerprint density at radius 2 is 2.06 bits per heavy atom. The highest BCUT2D eigenvalue weighted by Gasteiger charge is 2.22. The molecule has 1 rings (SSSR count). The molecule has 0 aromatic carbocycles. The molecular weight excluding hydrogens is 242 g/mol. The summed E-state index contributed by atoms with van der Waals surface area (Å²) in [7, 11) is -1.69. The van der Waals surface area contributed by atoms with Crippen LogP contribution in [0.3, 0.4) is 0 Å². The van der Waals surface area contributed by atoms with E-state index in [2.05, 4.69) is 9.62 Å². The van der Waals surface area contributed by atoms with Crippen molar-refractivity contribution in [1.82, 2.24) is 9.62 Å². The van der Waals surface area contributed by atoms with Gasteiger partial charge in [0.25, 0.3) is 0 Å². The average molecular weight is 265 g/mol. The number of sulfonamides is 1. The molecule has 0 aliphatic carbocycles. The van der Waals surface area contributed by atoms with Crippen molar-refractivity contribution in [3.8, 4) is 0 Å². The topological polar surface area (TPSA) is 84.7 Å². The van der Waals surface area contributed by atoms with Gasteiger partial charge in [-0.2, -0.15) is 0 Å². The highest BCUT2D eigenvalue weighted by molar-refractivity contribution is 7.89. The van der Waals surface area contributed by atoms with E-state index in [0.29, 0.717) is 6.54 Å². The summed E-state index contributed by atoms with van der Waals surface area (Å²) in [6, 6.07) is 0.0610. The minimum absolute atomic E-state index is 0.0342. The van der Waals surface area contributed by atoms with Gasteiger partial charge in [-0.15, -0.1) is 0 Å². The van der Waals surface area contributed by atoms with Gasteiger partial charge in [-0.05, 0) is 25.9 Å². The minimum Gasteiger partial charge on any atom is -0.384 e. The summed E-state index contributed by atoms with van der Waals surface area (Å²) in [6.07, 6.45) is 1.71. The van der Waals surface area contributed by atoms with Crippen molar-refractivity contribution < 1.29 is 13.2 Å². The third kappa shape index (κ3) is 5.78. The first kappa shape index (κ1) is 14.8. The highest BCUT2D eigenvalue weighted by Crippen LogP contribution is 2.10. The molecule has 7 heteroatoms. The Balaban J connectivity index is 2.30.